The van der Waals surface area contributed by atoms with Crippen molar-refractivity contribution < 1.29 is 64.9 Å². The van der Waals surface area contributed by atoms with Gasteiger partial charge in [0.1, 0.15) is 80.0 Å². The highest BCUT2D eigenvalue weighted by atomic mass is 32.2. The Morgan fingerprint density at radius 1 is 0.422 bits per heavy atom. The van der Waals surface area contributed by atoms with Crippen LogP contribution < -0.4 is 46.5 Å². The SMILES string of the molecule is COc1cccc(-c2nnc(N(CC[Si](C)(C)C)S(=O)(=O)[C@H](C)[C@@H](O)c3ccccc3OC)n2-c2c(OC)cccc2OC)n1.COc1cccc(-c2nnc(N(CC[Si](C)(C)C)S(=O)(=O)[C@H](C)[C@H](O)c3ccccc3OC)n2-c2c(OC)cccc2OC)n1. The second-order valence-corrected chi connectivity index (χ2v) is 38.8. The van der Waals surface area contributed by atoms with Crippen molar-refractivity contribution in [3.63, 3.8) is 0 Å². The first-order chi connectivity index (χ1) is 42.7. The van der Waals surface area contributed by atoms with Gasteiger partial charge in [-0.05, 0) is 74.5 Å². The number of pyridine rings is 2. The highest BCUT2D eigenvalue weighted by Crippen LogP contribution is 2.43. The fraction of sp³-hybridized carbons (Fsp3) is 0.387. The molecule has 0 spiro atoms. The molecule has 0 unspecified atom stereocenters. The standard InChI is InChI=1S/2C31H41N5O7SSi/c2*1-21(29(37)22-13-9-10-15-24(22)40-2)44(38,39)35(19-20-45(6,7)8)31-34-33-30(23-14-11-18-27(32-23)43-5)36(31)28-25(41-3)16-12-17-26(28)42-4/h2*9-18,21,29,37H,19-20H2,1-8H3/t21-,29+;21-,29-/m11/s1. The van der Waals surface area contributed by atoms with Crippen LogP contribution in [0, 0.1) is 0 Å². The number of aromatic nitrogens is 8. The van der Waals surface area contributed by atoms with Crippen molar-refractivity contribution in [3.8, 4) is 80.7 Å². The first kappa shape index (κ1) is 69.2. The van der Waals surface area contributed by atoms with Gasteiger partial charge in [-0.25, -0.2) is 35.4 Å². The number of anilines is 2. The molecule has 24 nitrogen and oxygen atoms in total. The van der Waals surface area contributed by atoms with Crippen molar-refractivity contribution >= 4 is 48.1 Å². The summed E-state index contributed by atoms with van der Waals surface area (Å²) in [4.78, 5) is 9.12. The number of aliphatic hydroxyl groups excluding tert-OH is 2. The lowest BCUT2D eigenvalue weighted by Crippen LogP contribution is -2.44. The zero-order chi connectivity index (χ0) is 65.9. The molecule has 484 valence electrons. The first-order valence-corrected chi connectivity index (χ1v) is 39.2. The fourth-order valence-corrected chi connectivity index (χ4v) is 14.9. The van der Waals surface area contributed by atoms with Crippen LogP contribution in [0.3, 0.4) is 0 Å². The minimum atomic E-state index is -4.30. The van der Waals surface area contributed by atoms with Crippen LogP contribution in [0.25, 0.3) is 34.4 Å². The van der Waals surface area contributed by atoms with Crippen molar-refractivity contribution in [1.82, 2.24) is 39.5 Å². The number of sulfonamides is 2. The number of aliphatic hydroxyl groups is 2. The van der Waals surface area contributed by atoms with E-state index in [0.29, 0.717) is 92.2 Å². The van der Waals surface area contributed by atoms with Gasteiger partial charge in [0.05, 0.1) is 56.9 Å². The highest BCUT2D eigenvalue weighted by Gasteiger charge is 2.42. The minimum absolute atomic E-state index is 0.00486. The summed E-state index contributed by atoms with van der Waals surface area (Å²) in [5, 5.41) is 38.2. The summed E-state index contributed by atoms with van der Waals surface area (Å²) >= 11 is 0. The Morgan fingerprint density at radius 3 is 1.02 bits per heavy atom. The Labute approximate surface area is 529 Å². The second-order valence-electron chi connectivity index (χ2n) is 23.1. The number of hydrogen-bond acceptors (Lipinski definition) is 20. The lowest BCUT2D eigenvalue weighted by molar-refractivity contribution is 0.171. The molecule has 0 aliphatic rings. The molecule has 2 N–H and O–H groups in total. The molecule has 0 fully saturated rings. The van der Waals surface area contributed by atoms with Crippen LogP contribution in [0.15, 0.2) is 121 Å². The summed E-state index contributed by atoms with van der Waals surface area (Å²) in [5.41, 5.74) is 2.24. The maximum Gasteiger partial charge on any atom is 0.246 e. The maximum atomic E-state index is 14.7. The average Bonchev–Trinajstić information content (AvgIpc) is 1.52. The summed E-state index contributed by atoms with van der Waals surface area (Å²) in [5.74, 6) is 3.48. The average molecular weight is 1310 g/mol. The van der Waals surface area contributed by atoms with Crippen LogP contribution >= 0.6 is 0 Å². The fourth-order valence-electron chi connectivity index (χ4n) is 9.64. The van der Waals surface area contributed by atoms with E-state index in [1.165, 1.54) is 79.3 Å². The molecule has 0 bridgehead atoms. The van der Waals surface area contributed by atoms with Crippen LogP contribution in [-0.2, 0) is 20.0 Å². The molecule has 0 saturated carbocycles. The highest BCUT2D eigenvalue weighted by molar-refractivity contribution is 7.93. The molecule has 4 atom stereocenters. The molecule has 0 aliphatic heterocycles. The number of para-hydroxylation sites is 4. The molecule has 90 heavy (non-hydrogen) atoms. The van der Waals surface area contributed by atoms with E-state index in [0.717, 1.165) is 0 Å². The first-order valence-electron chi connectivity index (χ1n) is 28.8. The minimum Gasteiger partial charge on any atom is -0.496 e. The zero-order valence-electron chi connectivity index (χ0n) is 53.8. The predicted octanol–water partition coefficient (Wildman–Crippen LogP) is 9.92. The van der Waals surface area contributed by atoms with E-state index in [1.807, 2.05) is 0 Å². The van der Waals surface area contributed by atoms with E-state index in [-0.39, 0.29) is 36.6 Å². The molecule has 0 radical (unpaired) electrons. The summed E-state index contributed by atoms with van der Waals surface area (Å²) < 4.78 is 109. The molecule has 0 saturated heterocycles. The van der Waals surface area contributed by atoms with Crippen LogP contribution in [0.5, 0.6) is 46.3 Å². The number of ether oxygens (including phenoxy) is 8. The van der Waals surface area contributed by atoms with Crippen LogP contribution in [0.4, 0.5) is 11.9 Å². The normalized spacial score (nSPS) is 13.2. The van der Waals surface area contributed by atoms with Gasteiger partial charge in [-0.15, -0.1) is 20.4 Å². The van der Waals surface area contributed by atoms with Gasteiger partial charge >= 0.3 is 0 Å². The molecule has 8 aromatic rings. The van der Waals surface area contributed by atoms with E-state index in [4.69, 9.17) is 37.9 Å². The van der Waals surface area contributed by atoms with Crippen LogP contribution in [0.2, 0.25) is 51.4 Å². The summed E-state index contributed by atoms with van der Waals surface area (Å²) in [7, 11) is -0.195. The monoisotopic (exact) mass is 1310 g/mol. The Bertz CT molecular complexity index is 3660. The third kappa shape index (κ3) is 15.3. The van der Waals surface area contributed by atoms with Crippen molar-refractivity contribution in [2.24, 2.45) is 0 Å². The molecular weight excluding hydrogens is 1230 g/mol. The Balaban J connectivity index is 0.000000256. The summed E-state index contributed by atoms with van der Waals surface area (Å²) in [6.07, 6.45) is -2.81. The van der Waals surface area contributed by atoms with E-state index in [1.54, 1.807) is 130 Å². The van der Waals surface area contributed by atoms with Crippen LogP contribution in [-0.4, -0.2) is 163 Å². The van der Waals surface area contributed by atoms with Crippen molar-refractivity contribution in [2.75, 3.05) is 78.6 Å². The largest absolute Gasteiger partial charge is 0.496 e. The molecule has 0 aliphatic carbocycles. The number of hydrogen-bond donors (Lipinski definition) is 2. The van der Waals surface area contributed by atoms with Gasteiger partial charge in [0.25, 0.3) is 0 Å². The Morgan fingerprint density at radius 2 is 0.722 bits per heavy atom. The van der Waals surface area contributed by atoms with E-state index in [9.17, 15) is 27.0 Å². The second kappa shape index (κ2) is 29.6. The lowest BCUT2D eigenvalue weighted by Gasteiger charge is -2.31. The zero-order valence-corrected chi connectivity index (χ0v) is 57.4. The van der Waals surface area contributed by atoms with Gasteiger partial charge in [-0.3, -0.25) is 9.13 Å². The molecular formula is C62H82N10O14S2Si2. The van der Waals surface area contributed by atoms with E-state index >= 15 is 0 Å². The van der Waals surface area contributed by atoms with Gasteiger partial charge < -0.3 is 48.1 Å². The molecule has 4 heterocycles. The Hall–Kier alpha value is -8.29. The van der Waals surface area contributed by atoms with E-state index < -0.39 is 58.9 Å². The van der Waals surface area contributed by atoms with Crippen molar-refractivity contribution in [1.29, 1.82) is 0 Å². The van der Waals surface area contributed by atoms with Gasteiger partial charge in [-0.1, -0.05) is 99.9 Å². The maximum absolute atomic E-state index is 14.7. The number of methoxy groups -OCH3 is 8. The van der Waals surface area contributed by atoms with Gasteiger partial charge in [0, 0.05) is 52.5 Å². The van der Waals surface area contributed by atoms with Gasteiger partial charge in [0.15, 0.2) is 11.6 Å². The molecule has 0 amide bonds. The number of benzene rings is 4. The van der Waals surface area contributed by atoms with Gasteiger partial charge in [0.2, 0.25) is 43.7 Å². The summed E-state index contributed by atoms with van der Waals surface area (Å²) in [6, 6.07) is 35.6. The molecule has 4 aromatic heterocycles. The van der Waals surface area contributed by atoms with Crippen LogP contribution in [0.1, 0.15) is 37.2 Å². The molecule has 8 rings (SSSR count). The number of rotatable bonds is 28. The molecule has 28 heteroatoms. The third-order valence-corrected chi connectivity index (χ3v) is 22.6. The lowest BCUT2D eigenvalue weighted by atomic mass is 10.1. The summed E-state index contributed by atoms with van der Waals surface area (Å²) in [6.45, 7) is 16.1. The van der Waals surface area contributed by atoms with Gasteiger partial charge in [-0.2, -0.15) is 0 Å². The quantitative estimate of drug-likeness (QED) is 0.0431. The topological polar surface area (TPSA) is 276 Å². The number of nitrogens with zero attached hydrogens (tertiary/aromatic N) is 10. The smallest absolute Gasteiger partial charge is 0.246 e. The molecule has 4 aromatic carbocycles. The van der Waals surface area contributed by atoms with Crippen molar-refractivity contribution in [2.45, 2.75) is 87.9 Å². The van der Waals surface area contributed by atoms with E-state index in [2.05, 4.69) is 69.6 Å². The third-order valence-electron chi connectivity index (χ3n) is 14.8. The van der Waals surface area contributed by atoms with Crippen molar-refractivity contribution in [3.05, 3.63) is 132 Å². The Kier molecular flexibility index (Phi) is 22.7. The predicted molar refractivity (Wildman–Crippen MR) is 352 cm³/mol.